The highest BCUT2D eigenvalue weighted by Gasteiger charge is 2.20. The smallest absolute Gasteiger partial charge is 0.251 e. The number of hydrogen-bond acceptors (Lipinski definition) is 7. The number of thiazole rings is 1. The average molecular weight is 507 g/mol. The molecule has 2 heterocycles. The molecule has 2 amide bonds. The van der Waals surface area contributed by atoms with Crippen LogP contribution in [-0.2, 0) is 11.3 Å². The van der Waals surface area contributed by atoms with Gasteiger partial charge in [0.25, 0.3) is 5.91 Å². The Labute approximate surface area is 212 Å². The van der Waals surface area contributed by atoms with Crippen LogP contribution in [0.2, 0.25) is 0 Å². The van der Waals surface area contributed by atoms with Crippen LogP contribution in [0.3, 0.4) is 0 Å². The summed E-state index contributed by atoms with van der Waals surface area (Å²) in [6.07, 6.45) is 0. The molecular formula is C25H26N6O2S2. The third-order valence-electron chi connectivity index (χ3n) is 5.26. The van der Waals surface area contributed by atoms with Crippen LogP contribution in [0, 0.1) is 6.92 Å². The molecule has 2 N–H and O–H groups in total. The largest absolute Gasteiger partial charge is 0.342 e. The fourth-order valence-electron chi connectivity index (χ4n) is 3.43. The van der Waals surface area contributed by atoms with E-state index in [4.69, 9.17) is 0 Å². The van der Waals surface area contributed by atoms with Crippen molar-refractivity contribution in [3.63, 3.8) is 0 Å². The zero-order valence-electron chi connectivity index (χ0n) is 19.7. The van der Waals surface area contributed by atoms with Gasteiger partial charge in [0, 0.05) is 23.1 Å². The van der Waals surface area contributed by atoms with Gasteiger partial charge in [0.1, 0.15) is 0 Å². The van der Waals surface area contributed by atoms with Crippen LogP contribution >= 0.6 is 23.1 Å². The Bertz CT molecular complexity index is 1300. The van der Waals surface area contributed by atoms with E-state index in [9.17, 15) is 9.59 Å². The number of hydrogen-bond donors (Lipinski definition) is 2. The van der Waals surface area contributed by atoms with Gasteiger partial charge in [-0.2, -0.15) is 0 Å². The molecule has 0 saturated heterocycles. The number of rotatable bonds is 9. The Morgan fingerprint density at radius 3 is 2.54 bits per heavy atom. The van der Waals surface area contributed by atoms with Crippen LogP contribution in [-0.4, -0.2) is 37.3 Å². The molecule has 2 aromatic carbocycles. The maximum Gasteiger partial charge on any atom is 0.251 e. The fourth-order valence-corrected chi connectivity index (χ4v) is 4.98. The number of nitrogens with zero attached hydrogens (tertiary/aromatic N) is 4. The van der Waals surface area contributed by atoms with Crippen molar-refractivity contribution in [2.45, 2.75) is 38.5 Å². The first-order chi connectivity index (χ1) is 16.9. The summed E-state index contributed by atoms with van der Waals surface area (Å²) in [5.74, 6) is 0.470. The molecule has 1 atom stereocenters. The van der Waals surface area contributed by atoms with Crippen molar-refractivity contribution in [1.82, 2.24) is 25.1 Å². The number of thioether (sulfide) groups is 1. The quantitative estimate of drug-likeness (QED) is 0.312. The van der Waals surface area contributed by atoms with Crippen LogP contribution in [0.1, 0.15) is 41.6 Å². The normalized spacial score (nSPS) is 11.7. The lowest BCUT2D eigenvalue weighted by molar-refractivity contribution is -0.113. The Balaban J connectivity index is 1.35. The van der Waals surface area contributed by atoms with E-state index in [1.54, 1.807) is 12.1 Å². The van der Waals surface area contributed by atoms with Gasteiger partial charge >= 0.3 is 0 Å². The van der Waals surface area contributed by atoms with Crippen molar-refractivity contribution < 1.29 is 9.59 Å². The van der Waals surface area contributed by atoms with Crippen LogP contribution < -0.4 is 10.6 Å². The molecule has 0 spiro atoms. The minimum absolute atomic E-state index is 0.169. The first-order valence-electron chi connectivity index (χ1n) is 11.2. The number of benzene rings is 2. The van der Waals surface area contributed by atoms with Crippen molar-refractivity contribution in [3.05, 3.63) is 76.9 Å². The standard InChI is InChI=1S/C25H26N6O2S2/c1-4-31-22(17(3)26-23(33)19-12-10-16(2)11-13-19)29-30-25(31)35-15-21(32)28-24-27-20(14-34-24)18-8-6-5-7-9-18/h5-14,17H,4,15H2,1-3H3,(H,26,33)(H,27,28,32)/t17-/m0/s1. The number of anilines is 1. The van der Waals surface area contributed by atoms with Crippen LogP contribution in [0.25, 0.3) is 11.3 Å². The number of nitrogens with one attached hydrogen (secondary N) is 2. The van der Waals surface area contributed by atoms with E-state index in [0.717, 1.165) is 16.8 Å². The highest BCUT2D eigenvalue weighted by atomic mass is 32.2. The van der Waals surface area contributed by atoms with Gasteiger partial charge in [-0.1, -0.05) is 59.8 Å². The van der Waals surface area contributed by atoms with Gasteiger partial charge < -0.3 is 15.2 Å². The first-order valence-corrected chi connectivity index (χ1v) is 13.1. The van der Waals surface area contributed by atoms with E-state index in [0.29, 0.717) is 28.2 Å². The van der Waals surface area contributed by atoms with Crippen molar-refractivity contribution in [2.75, 3.05) is 11.1 Å². The van der Waals surface area contributed by atoms with Gasteiger partial charge in [0.15, 0.2) is 16.1 Å². The molecule has 0 radical (unpaired) electrons. The van der Waals surface area contributed by atoms with E-state index in [1.165, 1.54) is 23.1 Å². The minimum Gasteiger partial charge on any atom is -0.342 e. The highest BCUT2D eigenvalue weighted by molar-refractivity contribution is 7.99. The molecule has 180 valence electrons. The highest BCUT2D eigenvalue weighted by Crippen LogP contribution is 2.25. The Morgan fingerprint density at radius 1 is 1.09 bits per heavy atom. The average Bonchev–Trinajstić information content (AvgIpc) is 3.50. The number of aryl methyl sites for hydroxylation is 1. The molecule has 2 aromatic heterocycles. The van der Waals surface area contributed by atoms with Crippen molar-refractivity contribution in [3.8, 4) is 11.3 Å². The second-order valence-electron chi connectivity index (χ2n) is 7.89. The minimum atomic E-state index is -0.342. The number of amides is 2. The van der Waals surface area contributed by atoms with Gasteiger partial charge in [0.2, 0.25) is 5.91 Å². The van der Waals surface area contributed by atoms with E-state index in [-0.39, 0.29) is 23.6 Å². The molecule has 4 rings (SSSR count). The predicted molar refractivity (Wildman–Crippen MR) is 140 cm³/mol. The lowest BCUT2D eigenvalue weighted by atomic mass is 10.1. The molecule has 10 heteroatoms. The third-order valence-corrected chi connectivity index (χ3v) is 6.99. The zero-order chi connectivity index (χ0) is 24.8. The fraction of sp³-hybridized carbons (Fsp3) is 0.240. The van der Waals surface area contributed by atoms with E-state index < -0.39 is 0 Å². The SMILES string of the molecule is CCn1c(SCC(=O)Nc2nc(-c3ccccc3)cs2)nnc1[C@H](C)NC(=O)c1ccc(C)cc1. The van der Waals surface area contributed by atoms with E-state index >= 15 is 0 Å². The molecule has 0 aliphatic carbocycles. The Morgan fingerprint density at radius 2 is 1.83 bits per heavy atom. The molecule has 0 aliphatic heterocycles. The van der Waals surface area contributed by atoms with Crippen LogP contribution in [0.4, 0.5) is 5.13 Å². The second-order valence-corrected chi connectivity index (χ2v) is 9.69. The molecule has 0 bridgehead atoms. The molecule has 0 unspecified atom stereocenters. The predicted octanol–water partition coefficient (Wildman–Crippen LogP) is 4.95. The summed E-state index contributed by atoms with van der Waals surface area (Å²) in [5.41, 5.74) is 3.52. The second kappa shape index (κ2) is 11.3. The van der Waals surface area contributed by atoms with Gasteiger partial charge in [0.05, 0.1) is 17.5 Å². The van der Waals surface area contributed by atoms with Crippen LogP contribution in [0.15, 0.2) is 65.1 Å². The van der Waals surface area contributed by atoms with Crippen molar-refractivity contribution in [2.24, 2.45) is 0 Å². The maximum absolute atomic E-state index is 12.6. The monoisotopic (exact) mass is 506 g/mol. The number of carbonyl (C=O) groups is 2. The van der Waals surface area contributed by atoms with Crippen LogP contribution in [0.5, 0.6) is 0 Å². The number of aromatic nitrogens is 4. The van der Waals surface area contributed by atoms with E-state index in [2.05, 4.69) is 25.8 Å². The summed E-state index contributed by atoms with van der Waals surface area (Å²) < 4.78 is 1.91. The topological polar surface area (TPSA) is 102 Å². The molecule has 8 nitrogen and oxygen atoms in total. The van der Waals surface area contributed by atoms with Gasteiger partial charge in [-0.3, -0.25) is 9.59 Å². The zero-order valence-corrected chi connectivity index (χ0v) is 21.3. The van der Waals surface area contributed by atoms with Crippen molar-refractivity contribution in [1.29, 1.82) is 0 Å². The summed E-state index contributed by atoms with van der Waals surface area (Å²) in [5, 5.41) is 17.5. The summed E-state index contributed by atoms with van der Waals surface area (Å²) >= 11 is 2.69. The lowest BCUT2D eigenvalue weighted by Gasteiger charge is -2.15. The Hall–Kier alpha value is -3.50. The molecule has 0 aliphatic rings. The summed E-state index contributed by atoms with van der Waals surface area (Å²) in [6, 6.07) is 16.9. The molecule has 35 heavy (non-hydrogen) atoms. The van der Waals surface area contributed by atoms with E-state index in [1.807, 2.05) is 73.2 Å². The third kappa shape index (κ3) is 6.14. The Kier molecular flexibility index (Phi) is 7.94. The maximum atomic E-state index is 12.6. The summed E-state index contributed by atoms with van der Waals surface area (Å²) in [6.45, 7) is 6.44. The van der Waals surface area contributed by atoms with Crippen molar-refractivity contribution >= 4 is 40.0 Å². The first kappa shape index (κ1) is 24.6. The van der Waals surface area contributed by atoms with Gasteiger partial charge in [-0.05, 0) is 32.9 Å². The summed E-state index contributed by atoms with van der Waals surface area (Å²) in [7, 11) is 0. The molecule has 0 saturated carbocycles. The molecular weight excluding hydrogens is 480 g/mol. The summed E-state index contributed by atoms with van der Waals surface area (Å²) in [4.78, 5) is 29.6. The molecule has 0 fully saturated rings. The molecule has 4 aromatic rings. The lowest BCUT2D eigenvalue weighted by Crippen LogP contribution is -2.28. The van der Waals surface area contributed by atoms with Gasteiger partial charge in [-0.25, -0.2) is 4.98 Å². The number of carbonyl (C=O) groups excluding carboxylic acids is 2. The van der Waals surface area contributed by atoms with Gasteiger partial charge in [-0.15, -0.1) is 21.5 Å².